The first-order valence-electron chi connectivity index (χ1n) is 6.60. The third kappa shape index (κ3) is 2.99. The van der Waals surface area contributed by atoms with E-state index in [2.05, 4.69) is 16.3 Å². The number of aryl methyl sites for hydroxylation is 4. The lowest BCUT2D eigenvalue weighted by Crippen LogP contribution is -2.08. The summed E-state index contributed by atoms with van der Waals surface area (Å²) in [6.45, 7) is 8.00. The van der Waals surface area contributed by atoms with Crippen LogP contribution in [0.3, 0.4) is 0 Å². The highest BCUT2D eigenvalue weighted by Gasteiger charge is 2.16. The van der Waals surface area contributed by atoms with E-state index in [1.807, 2.05) is 45.9 Å². The molecule has 100 valence electrons. The molecule has 1 heterocycles. The average molecular weight is 256 g/mol. The molecule has 0 spiro atoms. The first kappa shape index (κ1) is 13.7. The van der Waals surface area contributed by atoms with Crippen LogP contribution in [0.4, 0.5) is 0 Å². The molecule has 0 saturated carbocycles. The van der Waals surface area contributed by atoms with Crippen LogP contribution in [0.1, 0.15) is 46.7 Å². The number of aliphatic hydroxyl groups excluding tert-OH is 1. The lowest BCUT2D eigenvalue weighted by atomic mass is 9.96. The van der Waals surface area contributed by atoms with Crippen molar-refractivity contribution in [3.63, 3.8) is 0 Å². The summed E-state index contributed by atoms with van der Waals surface area (Å²) in [6.07, 6.45) is 0.132. The van der Waals surface area contributed by atoms with Gasteiger partial charge in [-0.2, -0.15) is 10.2 Å². The second kappa shape index (κ2) is 5.49. The Morgan fingerprint density at radius 2 is 1.63 bits per heavy atom. The summed E-state index contributed by atoms with van der Waals surface area (Å²) >= 11 is 0. The van der Waals surface area contributed by atoms with Crippen molar-refractivity contribution in [1.82, 2.24) is 10.2 Å². The summed E-state index contributed by atoms with van der Waals surface area (Å²) in [5.74, 6) is 0. The van der Waals surface area contributed by atoms with E-state index in [-0.39, 0.29) is 0 Å². The summed E-state index contributed by atoms with van der Waals surface area (Å²) in [5.41, 5.74) is 5.78. The Morgan fingerprint density at radius 1 is 1.00 bits per heavy atom. The molecule has 0 aliphatic rings. The second-order valence-electron chi connectivity index (χ2n) is 5.06. The molecule has 0 radical (unpaired) electrons. The molecule has 19 heavy (non-hydrogen) atoms. The van der Waals surface area contributed by atoms with Crippen LogP contribution in [-0.4, -0.2) is 15.3 Å². The fourth-order valence-corrected chi connectivity index (χ4v) is 2.39. The van der Waals surface area contributed by atoms with Crippen LogP contribution in [0.15, 0.2) is 24.3 Å². The molecule has 1 aromatic heterocycles. The second-order valence-corrected chi connectivity index (χ2v) is 5.06. The standard InChI is InChI=1S/C16H20N2O/c1-5-15-14(9-12(4)17-18-15)16(19)13-7-10(2)6-11(3)8-13/h6-9,16,19H,5H2,1-4H3. The lowest BCUT2D eigenvalue weighted by molar-refractivity contribution is 0.218. The average Bonchev–Trinajstić information content (AvgIpc) is 2.36. The molecule has 1 aromatic carbocycles. The van der Waals surface area contributed by atoms with Gasteiger partial charge < -0.3 is 5.11 Å². The number of rotatable bonds is 3. The Bertz CT molecular complexity index is 573. The van der Waals surface area contributed by atoms with E-state index in [1.54, 1.807) is 0 Å². The normalized spacial score (nSPS) is 12.5. The van der Waals surface area contributed by atoms with Crippen molar-refractivity contribution in [1.29, 1.82) is 0 Å². The van der Waals surface area contributed by atoms with Gasteiger partial charge in [0.15, 0.2) is 0 Å². The summed E-state index contributed by atoms with van der Waals surface area (Å²) in [5, 5.41) is 18.8. The van der Waals surface area contributed by atoms with Gasteiger partial charge in [0, 0.05) is 5.56 Å². The first-order valence-corrected chi connectivity index (χ1v) is 6.60. The van der Waals surface area contributed by atoms with Crippen molar-refractivity contribution in [2.24, 2.45) is 0 Å². The van der Waals surface area contributed by atoms with Crippen molar-refractivity contribution in [3.05, 3.63) is 57.9 Å². The fourth-order valence-electron chi connectivity index (χ4n) is 2.39. The number of aromatic nitrogens is 2. The topological polar surface area (TPSA) is 46.0 Å². The van der Waals surface area contributed by atoms with Crippen molar-refractivity contribution in [2.75, 3.05) is 0 Å². The van der Waals surface area contributed by atoms with Crippen molar-refractivity contribution < 1.29 is 5.11 Å². The van der Waals surface area contributed by atoms with Crippen molar-refractivity contribution in [2.45, 2.75) is 40.2 Å². The van der Waals surface area contributed by atoms with Gasteiger partial charge in [-0.15, -0.1) is 0 Å². The molecule has 0 aliphatic heterocycles. The highest BCUT2D eigenvalue weighted by molar-refractivity contribution is 5.37. The van der Waals surface area contributed by atoms with Crippen LogP contribution in [0.5, 0.6) is 0 Å². The van der Waals surface area contributed by atoms with Crippen LogP contribution in [-0.2, 0) is 6.42 Å². The molecule has 1 unspecified atom stereocenters. The van der Waals surface area contributed by atoms with E-state index in [1.165, 1.54) is 0 Å². The molecule has 0 aliphatic carbocycles. The Kier molecular flexibility index (Phi) is 3.96. The molecule has 1 N–H and O–H groups in total. The summed E-state index contributed by atoms with van der Waals surface area (Å²) in [4.78, 5) is 0. The smallest absolute Gasteiger partial charge is 0.106 e. The van der Waals surface area contributed by atoms with Crippen LogP contribution >= 0.6 is 0 Å². The van der Waals surface area contributed by atoms with Gasteiger partial charge in [-0.1, -0.05) is 36.2 Å². The van der Waals surface area contributed by atoms with E-state index in [0.717, 1.165) is 40.1 Å². The Hall–Kier alpha value is -1.74. The van der Waals surface area contributed by atoms with Gasteiger partial charge in [0.2, 0.25) is 0 Å². The molecule has 0 fully saturated rings. The summed E-state index contributed by atoms with van der Waals surface area (Å²) in [7, 11) is 0. The van der Waals surface area contributed by atoms with Crippen LogP contribution in [0.2, 0.25) is 0 Å². The van der Waals surface area contributed by atoms with Crippen LogP contribution in [0.25, 0.3) is 0 Å². The zero-order chi connectivity index (χ0) is 14.0. The van der Waals surface area contributed by atoms with Gasteiger partial charge >= 0.3 is 0 Å². The number of hydrogen-bond donors (Lipinski definition) is 1. The summed E-state index contributed by atoms with van der Waals surface area (Å²) in [6, 6.07) is 8.07. The maximum Gasteiger partial charge on any atom is 0.106 e. The molecule has 0 saturated heterocycles. The van der Waals surface area contributed by atoms with E-state index < -0.39 is 6.10 Å². The number of aliphatic hydroxyl groups is 1. The van der Waals surface area contributed by atoms with Gasteiger partial charge in [0.1, 0.15) is 6.10 Å². The number of nitrogens with zero attached hydrogens (tertiary/aromatic N) is 2. The van der Waals surface area contributed by atoms with E-state index >= 15 is 0 Å². The SMILES string of the molecule is CCc1nnc(C)cc1C(O)c1cc(C)cc(C)c1. The Balaban J connectivity index is 2.48. The maximum atomic E-state index is 10.6. The van der Waals surface area contributed by atoms with E-state index in [0.29, 0.717) is 0 Å². The maximum absolute atomic E-state index is 10.6. The monoisotopic (exact) mass is 256 g/mol. The minimum Gasteiger partial charge on any atom is -0.384 e. The minimum atomic E-state index is -0.636. The molecule has 2 aromatic rings. The van der Waals surface area contributed by atoms with Crippen LogP contribution in [0, 0.1) is 20.8 Å². The van der Waals surface area contributed by atoms with Gasteiger partial charge in [-0.05, 0) is 38.8 Å². The molecular formula is C16H20N2O. The molecular weight excluding hydrogens is 236 g/mol. The molecule has 0 amide bonds. The highest BCUT2D eigenvalue weighted by atomic mass is 16.3. The van der Waals surface area contributed by atoms with Crippen molar-refractivity contribution in [3.8, 4) is 0 Å². The van der Waals surface area contributed by atoms with E-state index in [9.17, 15) is 5.11 Å². The third-order valence-electron chi connectivity index (χ3n) is 3.22. The Labute approximate surface area is 114 Å². The van der Waals surface area contributed by atoms with E-state index in [4.69, 9.17) is 0 Å². The lowest BCUT2D eigenvalue weighted by Gasteiger charge is -2.16. The molecule has 0 bridgehead atoms. The number of hydrogen-bond acceptors (Lipinski definition) is 3. The zero-order valence-corrected chi connectivity index (χ0v) is 11.9. The van der Waals surface area contributed by atoms with Gasteiger partial charge in [-0.25, -0.2) is 0 Å². The predicted molar refractivity (Wildman–Crippen MR) is 76.1 cm³/mol. The quantitative estimate of drug-likeness (QED) is 0.918. The molecule has 2 rings (SSSR count). The first-order chi connectivity index (χ1) is 9.01. The van der Waals surface area contributed by atoms with Gasteiger partial charge in [0.05, 0.1) is 11.4 Å². The number of benzene rings is 1. The Morgan fingerprint density at radius 3 is 2.21 bits per heavy atom. The van der Waals surface area contributed by atoms with Gasteiger partial charge in [-0.3, -0.25) is 0 Å². The fraction of sp³-hybridized carbons (Fsp3) is 0.375. The highest BCUT2D eigenvalue weighted by Crippen LogP contribution is 2.26. The predicted octanol–water partition coefficient (Wildman–Crippen LogP) is 3.05. The largest absolute Gasteiger partial charge is 0.384 e. The molecule has 3 nitrogen and oxygen atoms in total. The molecule has 3 heteroatoms. The minimum absolute atomic E-state index is 0.636. The summed E-state index contributed by atoms with van der Waals surface area (Å²) < 4.78 is 0. The molecule has 1 atom stereocenters. The third-order valence-corrected chi connectivity index (χ3v) is 3.22. The van der Waals surface area contributed by atoms with Gasteiger partial charge in [0.25, 0.3) is 0 Å². The van der Waals surface area contributed by atoms with Crippen LogP contribution < -0.4 is 0 Å². The zero-order valence-electron chi connectivity index (χ0n) is 11.9. The van der Waals surface area contributed by atoms with Crippen molar-refractivity contribution >= 4 is 0 Å².